The predicted octanol–water partition coefficient (Wildman–Crippen LogP) is 2.49. The van der Waals surface area contributed by atoms with Crippen LogP contribution >= 0.6 is 0 Å². The van der Waals surface area contributed by atoms with Crippen molar-refractivity contribution in [3.05, 3.63) is 0 Å². The lowest BCUT2D eigenvalue weighted by atomic mass is 9.97. The van der Waals surface area contributed by atoms with E-state index < -0.39 is 0 Å². The van der Waals surface area contributed by atoms with E-state index in [9.17, 15) is 0 Å². The van der Waals surface area contributed by atoms with E-state index in [0.29, 0.717) is 6.04 Å². The number of likely N-dealkylation sites (tertiary alicyclic amines) is 1. The standard InChI is InChI=1S/C11H20N2/c1-8-5-6-10(9(8)2)13-7-3-4-11(13)12/h8-10,12H,3-7H2,1-2H3. The highest BCUT2D eigenvalue weighted by Gasteiger charge is 2.36. The van der Waals surface area contributed by atoms with Gasteiger partial charge in [-0.3, -0.25) is 5.41 Å². The zero-order valence-corrected chi connectivity index (χ0v) is 8.71. The maximum atomic E-state index is 7.85. The zero-order valence-electron chi connectivity index (χ0n) is 8.71. The van der Waals surface area contributed by atoms with Crippen LogP contribution in [0.4, 0.5) is 0 Å². The largest absolute Gasteiger partial charge is 0.357 e. The number of hydrogen-bond donors (Lipinski definition) is 1. The first kappa shape index (κ1) is 9.04. The van der Waals surface area contributed by atoms with Crippen LogP contribution in [0.3, 0.4) is 0 Å². The van der Waals surface area contributed by atoms with Crippen molar-refractivity contribution in [3.63, 3.8) is 0 Å². The van der Waals surface area contributed by atoms with Gasteiger partial charge in [-0.15, -0.1) is 0 Å². The third-order valence-corrected chi connectivity index (χ3v) is 3.98. The molecule has 0 radical (unpaired) electrons. The quantitative estimate of drug-likeness (QED) is 0.659. The van der Waals surface area contributed by atoms with E-state index in [1.165, 1.54) is 19.3 Å². The van der Waals surface area contributed by atoms with Crippen LogP contribution in [-0.4, -0.2) is 23.3 Å². The van der Waals surface area contributed by atoms with Crippen LogP contribution in [0, 0.1) is 17.2 Å². The molecule has 2 nitrogen and oxygen atoms in total. The molecule has 1 heterocycles. The minimum atomic E-state index is 0.685. The molecule has 1 aliphatic heterocycles. The molecule has 0 bridgehead atoms. The average Bonchev–Trinajstić information content (AvgIpc) is 2.62. The van der Waals surface area contributed by atoms with Crippen LogP contribution in [0.15, 0.2) is 0 Å². The van der Waals surface area contributed by atoms with Gasteiger partial charge in [0.25, 0.3) is 0 Å². The monoisotopic (exact) mass is 180 g/mol. The number of amidine groups is 1. The summed E-state index contributed by atoms with van der Waals surface area (Å²) in [6.45, 7) is 5.85. The van der Waals surface area contributed by atoms with Crippen molar-refractivity contribution in [2.45, 2.75) is 45.6 Å². The average molecular weight is 180 g/mol. The Balaban J connectivity index is 2.04. The highest BCUT2D eigenvalue weighted by Crippen LogP contribution is 2.36. The predicted molar refractivity (Wildman–Crippen MR) is 55.0 cm³/mol. The second-order valence-electron chi connectivity index (χ2n) is 4.72. The summed E-state index contributed by atoms with van der Waals surface area (Å²) in [5, 5.41) is 7.85. The van der Waals surface area contributed by atoms with E-state index >= 15 is 0 Å². The molecule has 3 atom stereocenters. The minimum Gasteiger partial charge on any atom is -0.357 e. The second kappa shape index (κ2) is 3.32. The third kappa shape index (κ3) is 1.47. The Morgan fingerprint density at radius 1 is 1.31 bits per heavy atom. The third-order valence-electron chi connectivity index (χ3n) is 3.98. The highest BCUT2D eigenvalue weighted by molar-refractivity contribution is 5.81. The lowest BCUT2D eigenvalue weighted by molar-refractivity contribution is 0.260. The molecule has 2 heteroatoms. The van der Waals surface area contributed by atoms with Gasteiger partial charge in [0.15, 0.2) is 0 Å². The molecule has 0 aromatic rings. The Bertz CT molecular complexity index is 212. The first-order chi connectivity index (χ1) is 6.20. The number of nitrogens with one attached hydrogen (secondary N) is 1. The van der Waals surface area contributed by atoms with Crippen molar-refractivity contribution < 1.29 is 0 Å². The molecule has 1 N–H and O–H groups in total. The summed E-state index contributed by atoms with van der Waals surface area (Å²) in [5.41, 5.74) is 0. The number of nitrogens with zero attached hydrogens (tertiary/aromatic N) is 1. The van der Waals surface area contributed by atoms with Crippen LogP contribution < -0.4 is 0 Å². The normalized spacial score (nSPS) is 40.3. The van der Waals surface area contributed by atoms with Crippen LogP contribution in [0.5, 0.6) is 0 Å². The van der Waals surface area contributed by atoms with E-state index in [1.807, 2.05) is 0 Å². The van der Waals surface area contributed by atoms with Gasteiger partial charge in [0, 0.05) is 19.0 Å². The van der Waals surface area contributed by atoms with E-state index in [1.54, 1.807) is 0 Å². The van der Waals surface area contributed by atoms with E-state index in [4.69, 9.17) is 5.41 Å². The molecule has 3 unspecified atom stereocenters. The minimum absolute atomic E-state index is 0.685. The van der Waals surface area contributed by atoms with E-state index in [2.05, 4.69) is 18.7 Å². The summed E-state index contributed by atoms with van der Waals surface area (Å²) in [6, 6.07) is 0.685. The SMILES string of the molecule is CC1CCC(N2CCCC2=N)C1C. The van der Waals surface area contributed by atoms with Crippen LogP contribution in [-0.2, 0) is 0 Å². The molecule has 0 amide bonds. The van der Waals surface area contributed by atoms with Crippen molar-refractivity contribution in [2.75, 3.05) is 6.54 Å². The molecule has 2 aliphatic rings. The fraction of sp³-hybridized carbons (Fsp3) is 0.909. The van der Waals surface area contributed by atoms with Crippen LogP contribution in [0.1, 0.15) is 39.5 Å². The molecular formula is C11H20N2. The molecule has 0 aromatic heterocycles. The van der Waals surface area contributed by atoms with Gasteiger partial charge < -0.3 is 4.90 Å². The molecule has 74 valence electrons. The fourth-order valence-electron chi connectivity index (χ4n) is 2.84. The molecule has 0 spiro atoms. The van der Waals surface area contributed by atoms with Gasteiger partial charge in [-0.1, -0.05) is 13.8 Å². The van der Waals surface area contributed by atoms with Crippen molar-refractivity contribution in [3.8, 4) is 0 Å². The van der Waals surface area contributed by atoms with Gasteiger partial charge >= 0.3 is 0 Å². The summed E-state index contributed by atoms with van der Waals surface area (Å²) in [6.07, 6.45) is 4.88. The number of rotatable bonds is 1. The van der Waals surface area contributed by atoms with Crippen molar-refractivity contribution >= 4 is 5.84 Å². The molecular weight excluding hydrogens is 160 g/mol. The van der Waals surface area contributed by atoms with Crippen LogP contribution in [0.2, 0.25) is 0 Å². The smallest absolute Gasteiger partial charge is 0.0960 e. The summed E-state index contributed by atoms with van der Waals surface area (Å²) in [7, 11) is 0. The lowest BCUT2D eigenvalue weighted by Gasteiger charge is -2.30. The summed E-state index contributed by atoms with van der Waals surface area (Å²) in [4.78, 5) is 2.36. The molecule has 2 rings (SSSR count). The van der Waals surface area contributed by atoms with Crippen molar-refractivity contribution in [1.29, 1.82) is 5.41 Å². The van der Waals surface area contributed by atoms with E-state index in [0.717, 1.165) is 30.6 Å². The summed E-state index contributed by atoms with van der Waals surface area (Å²) < 4.78 is 0. The Hall–Kier alpha value is -0.530. The van der Waals surface area contributed by atoms with Gasteiger partial charge in [0.1, 0.15) is 0 Å². The fourth-order valence-corrected chi connectivity index (χ4v) is 2.84. The molecule has 1 saturated carbocycles. The Morgan fingerprint density at radius 2 is 2.08 bits per heavy atom. The van der Waals surface area contributed by atoms with Gasteiger partial charge in [-0.2, -0.15) is 0 Å². The Kier molecular flexibility index (Phi) is 2.31. The number of hydrogen-bond acceptors (Lipinski definition) is 1. The van der Waals surface area contributed by atoms with Gasteiger partial charge in [-0.25, -0.2) is 0 Å². The molecule has 13 heavy (non-hydrogen) atoms. The lowest BCUT2D eigenvalue weighted by Crippen LogP contribution is -2.38. The highest BCUT2D eigenvalue weighted by atomic mass is 15.2. The first-order valence-corrected chi connectivity index (χ1v) is 5.54. The van der Waals surface area contributed by atoms with Crippen LogP contribution in [0.25, 0.3) is 0 Å². The Labute approximate surface area is 80.8 Å². The van der Waals surface area contributed by atoms with E-state index in [-0.39, 0.29) is 0 Å². The summed E-state index contributed by atoms with van der Waals surface area (Å²) in [5.74, 6) is 2.54. The maximum absolute atomic E-state index is 7.85. The van der Waals surface area contributed by atoms with Crippen molar-refractivity contribution in [1.82, 2.24) is 4.90 Å². The Morgan fingerprint density at radius 3 is 2.54 bits per heavy atom. The molecule has 2 fully saturated rings. The maximum Gasteiger partial charge on any atom is 0.0960 e. The first-order valence-electron chi connectivity index (χ1n) is 5.54. The van der Waals surface area contributed by atoms with Gasteiger partial charge in [-0.05, 0) is 31.1 Å². The summed E-state index contributed by atoms with van der Waals surface area (Å²) >= 11 is 0. The topological polar surface area (TPSA) is 27.1 Å². The molecule has 1 aliphatic carbocycles. The van der Waals surface area contributed by atoms with Gasteiger partial charge in [0.05, 0.1) is 5.84 Å². The van der Waals surface area contributed by atoms with Gasteiger partial charge in [0.2, 0.25) is 0 Å². The van der Waals surface area contributed by atoms with Crippen molar-refractivity contribution in [2.24, 2.45) is 11.8 Å². The zero-order chi connectivity index (χ0) is 9.42. The molecule has 1 saturated heterocycles. The second-order valence-corrected chi connectivity index (χ2v) is 4.72. The molecule has 0 aromatic carbocycles.